The summed E-state index contributed by atoms with van der Waals surface area (Å²) in [5.41, 5.74) is 7.83. The molecule has 0 spiro atoms. The van der Waals surface area contributed by atoms with Crippen LogP contribution in [0.4, 0.5) is 11.5 Å². The standard InChI is InChI=1S/C15H19N3/c1-12(7-8-13-5-3-2-4-6-13)18-15-11-14(16)9-10-17-15/h2-6,9-12H,7-8H2,1H3,(H3,16,17,18). The smallest absolute Gasteiger partial charge is 0.128 e. The van der Waals surface area contributed by atoms with Crippen LogP contribution in [0.15, 0.2) is 48.7 Å². The van der Waals surface area contributed by atoms with Crippen LogP contribution in [0.1, 0.15) is 18.9 Å². The molecule has 0 saturated carbocycles. The van der Waals surface area contributed by atoms with Crippen molar-refractivity contribution in [1.29, 1.82) is 0 Å². The lowest BCUT2D eigenvalue weighted by Gasteiger charge is -2.14. The molecule has 2 aromatic rings. The van der Waals surface area contributed by atoms with Gasteiger partial charge in [-0.15, -0.1) is 0 Å². The SMILES string of the molecule is CC(CCc1ccccc1)Nc1cc(N)ccn1. The number of hydrogen-bond donors (Lipinski definition) is 2. The average Bonchev–Trinajstić information content (AvgIpc) is 2.38. The first kappa shape index (κ1) is 12.4. The van der Waals surface area contributed by atoms with Gasteiger partial charge < -0.3 is 11.1 Å². The molecule has 1 unspecified atom stereocenters. The Kier molecular flexibility index (Phi) is 4.18. The summed E-state index contributed by atoms with van der Waals surface area (Å²) in [5.74, 6) is 0.843. The first-order valence-corrected chi connectivity index (χ1v) is 6.26. The summed E-state index contributed by atoms with van der Waals surface area (Å²) in [5, 5.41) is 3.36. The molecule has 0 aliphatic carbocycles. The van der Waals surface area contributed by atoms with Gasteiger partial charge in [-0.1, -0.05) is 30.3 Å². The molecule has 0 fully saturated rings. The van der Waals surface area contributed by atoms with E-state index in [0.29, 0.717) is 6.04 Å². The molecule has 0 saturated heterocycles. The van der Waals surface area contributed by atoms with Gasteiger partial charge in [0.1, 0.15) is 5.82 Å². The minimum atomic E-state index is 0.375. The van der Waals surface area contributed by atoms with Gasteiger partial charge in [-0.25, -0.2) is 4.98 Å². The zero-order chi connectivity index (χ0) is 12.8. The van der Waals surface area contributed by atoms with Gasteiger partial charge in [0.2, 0.25) is 0 Å². The van der Waals surface area contributed by atoms with Crippen LogP contribution in [-0.2, 0) is 6.42 Å². The number of nitrogens with zero attached hydrogens (tertiary/aromatic N) is 1. The number of hydrogen-bond acceptors (Lipinski definition) is 3. The van der Waals surface area contributed by atoms with Crippen LogP contribution in [0.25, 0.3) is 0 Å². The van der Waals surface area contributed by atoms with Gasteiger partial charge in [0.15, 0.2) is 0 Å². The largest absolute Gasteiger partial charge is 0.399 e. The summed E-state index contributed by atoms with van der Waals surface area (Å²) in [6, 6.07) is 14.5. The summed E-state index contributed by atoms with van der Waals surface area (Å²) in [6.45, 7) is 2.16. The maximum atomic E-state index is 5.72. The highest BCUT2D eigenvalue weighted by molar-refractivity contribution is 5.48. The van der Waals surface area contributed by atoms with Crippen LogP contribution in [0.3, 0.4) is 0 Å². The van der Waals surface area contributed by atoms with E-state index < -0.39 is 0 Å². The molecule has 0 bridgehead atoms. The zero-order valence-corrected chi connectivity index (χ0v) is 10.6. The molecule has 1 aromatic heterocycles. The molecular weight excluding hydrogens is 222 g/mol. The molecule has 1 heterocycles. The quantitative estimate of drug-likeness (QED) is 0.845. The molecule has 0 radical (unpaired) electrons. The van der Waals surface area contributed by atoms with E-state index in [0.717, 1.165) is 24.3 Å². The monoisotopic (exact) mass is 241 g/mol. The van der Waals surface area contributed by atoms with Crippen molar-refractivity contribution in [1.82, 2.24) is 4.98 Å². The van der Waals surface area contributed by atoms with Gasteiger partial charge in [0, 0.05) is 24.0 Å². The Morgan fingerprint density at radius 2 is 2.00 bits per heavy atom. The van der Waals surface area contributed by atoms with E-state index in [2.05, 4.69) is 41.5 Å². The molecule has 1 aromatic carbocycles. The Hall–Kier alpha value is -2.03. The Morgan fingerprint density at radius 3 is 2.72 bits per heavy atom. The normalized spacial score (nSPS) is 12.1. The minimum Gasteiger partial charge on any atom is -0.399 e. The van der Waals surface area contributed by atoms with Gasteiger partial charge in [0.05, 0.1) is 0 Å². The number of aryl methyl sites for hydroxylation is 1. The van der Waals surface area contributed by atoms with E-state index >= 15 is 0 Å². The van der Waals surface area contributed by atoms with Crippen molar-refractivity contribution in [2.75, 3.05) is 11.1 Å². The lowest BCUT2D eigenvalue weighted by atomic mass is 10.1. The van der Waals surface area contributed by atoms with Crippen LogP contribution in [0.2, 0.25) is 0 Å². The highest BCUT2D eigenvalue weighted by atomic mass is 15.0. The van der Waals surface area contributed by atoms with E-state index in [9.17, 15) is 0 Å². The van der Waals surface area contributed by atoms with E-state index in [4.69, 9.17) is 5.73 Å². The predicted molar refractivity (Wildman–Crippen MR) is 76.5 cm³/mol. The fraction of sp³-hybridized carbons (Fsp3) is 0.267. The van der Waals surface area contributed by atoms with E-state index in [1.165, 1.54) is 5.56 Å². The Bertz CT molecular complexity index is 482. The summed E-state index contributed by atoms with van der Waals surface area (Å²) in [4.78, 5) is 4.24. The van der Waals surface area contributed by atoms with E-state index in [1.807, 2.05) is 12.1 Å². The highest BCUT2D eigenvalue weighted by Crippen LogP contribution is 2.12. The fourth-order valence-corrected chi connectivity index (χ4v) is 1.88. The summed E-state index contributed by atoms with van der Waals surface area (Å²) in [6.07, 6.45) is 3.86. The highest BCUT2D eigenvalue weighted by Gasteiger charge is 2.03. The molecule has 3 N–H and O–H groups in total. The summed E-state index contributed by atoms with van der Waals surface area (Å²) >= 11 is 0. The molecule has 3 nitrogen and oxygen atoms in total. The zero-order valence-electron chi connectivity index (χ0n) is 10.6. The molecule has 0 aliphatic heterocycles. The molecule has 2 rings (SSSR count). The van der Waals surface area contributed by atoms with Crippen LogP contribution in [0, 0.1) is 0 Å². The number of anilines is 2. The van der Waals surface area contributed by atoms with Gasteiger partial charge in [-0.05, 0) is 31.4 Å². The number of nitrogens with one attached hydrogen (secondary N) is 1. The molecular formula is C15H19N3. The molecule has 0 amide bonds. The van der Waals surface area contributed by atoms with Crippen molar-refractivity contribution in [2.45, 2.75) is 25.8 Å². The lowest BCUT2D eigenvalue weighted by molar-refractivity contribution is 0.703. The van der Waals surface area contributed by atoms with Crippen molar-refractivity contribution in [3.05, 3.63) is 54.2 Å². The van der Waals surface area contributed by atoms with E-state index in [1.54, 1.807) is 12.3 Å². The Morgan fingerprint density at radius 1 is 1.22 bits per heavy atom. The second kappa shape index (κ2) is 6.05. The molecule has 3 heteroatoms. The third-order valence-electron chi connectivity index (χ3n) is 2.89. The lowest BCUT2D eigenvalue weighted by Crippen LogP contribution is -2.16. The van der Waals surface area contributed by atoms with Crippen molar-refractivity contribution in [3.63, 3.8) is 0 Å². The molecule has 94 valence electrons. The fourth-order valence-electron chi connectivity index (χ4n) is 1.88. The number of rotatable bonds is 5. The Balaban J connectivity index is 1.84. The van der Waals surface area contributed by atoms with Crippen molar-refractivity contribution >= 4 is 11.5 Å². The second-order valence-corrected chi connectivity index (χ2v) is 4.54. The summed E-state index contributed by atoms with van der Waals surface area (Å²) in [7, 11) is 0. The number of benzene rings is 1. The third-order valence-corrected chi connectivity index (χ3v) is 2.89. The number of nitrogens with two attached hydrogens (primary N) is 1. The van der Waals surface area contributed by atoms with Crippen LogP contribution >= 0.6 is 0 Å². The first-order valence-electron chi connectivity index (χ1n) is 6.26. The van der Waals surface area contributed by atoms with Crippen molar-refractivity contribution in [2.24, 2.45) is 0 Å². The molecule has 18 heavy (non-hydrogen) atoms. The summed E-state index contributed by atoms with van der Waals surface area (Å²) < 4.78 is 0. The van der Waals surface area contributed by atoms with Gasteiger partial charge in [0.25, 0.3) is 0 Å². The van der Waals surface area contributed by atoms with Gasteiger partial charge in [-0.3, -0.25) is 0 Å². The second-order valence-electron chi connectivity index (χ2n) is 4.54. The molecule has 0 aliphatic rings. The van der Waals surface area contributed by atoms with Crippen LogP contribution in [0.5, 0.6) is 0 Å². The number of pyridine rings is 1. The maximum absolute atomic E-state index is 5.72. The topological polar surface area (TPSA) is 50.9 Å². The minimum absolute atomic E-state index is 0.375. The van der Waals surface area contributed by atoms with Crippen molar-refractivity contribution in [3.8, 4) is 0 Å². The Labute approximate surface area is 108 Å². The third kappa shape index (κ3) is 3.77. The van der Waals surface area contributed by atoms with Crippen LogP contribution < -0.4 is 11.1 Å². The molecule has 1 atom stereocenters. The first-order chi connectivity index (χ1) is 8.74. The number of nitrogen functional groups attached to an aromatic ring is 1. The van der Waals surface area contributed by atoms with Crippen molar-refractivity contribution < 1.29 is 0 Å². The van der Waals surface area contributed by atoms with Gasteiger partial charge >= 0.3 is 0 Å². The predicted octanol–water partition coefficient (Wildman–Crippen LogP) is 3.10. The average molecular weight is 241 g/mol. The van der Waals surface area contributed by atoms with Crippen LogP contribution in [-0.4, -0.2) is 11.0 Å². The van der Waals surface area contributed by atoms with E-state index in [-0.39, 0.29) is 0 Å². The maximum Gasteiger partial charge on any atom is 0.128 e. The van der Waals surface area contributed by atoms with Gasteiger partial charge in [-0.2, -0.15) is 0 Å². The number of aromatic nitrogens is 1.